The first-order chi connectivity index (χ1) is 6.26. The van der Waals surface area contributed by atoms with Crippen molar-refractivity contribution < 1.29 is 25.2 Å². The molecular weight excluding hydrogens is 261 g/mol. The van der Waals surface area contributed by atoms with E-state index in [9.17, 15) is 25.2 Å². The van der Waals surface area contributed by atoms with Crippen molar-refractivity contribution in [2.75, 3.05) is 17.8 Å². The summed E-state index contributed by atoms with van der Waals surface area (Å²) in [5.74, 6) is 2.83. The van der Waals surface area contributed by atoms with Gasteiger partial charge in [-0.05, 0) is 24.2 Å². The number of hydrogen-bond acceptors (Lipinski definition) is 0. The minimum absolute atomic E-state index is 0.723. The molecule has 0 heterocycles. The van der Waals surface area contributed by atoms with Gasteiger partial charge in [-0.3, -0.25) is 0 Å². The number of hydrogen-bond donors (Lipinski definition) is 0. The standard InChI is InChI=1S/C7H17S.F6P/c1-4-6-7-8(3)5-2;1-7(2,3,4,5)6/h4-7H2,1-3H3;/q+1;-1. The fraction of sp³-hybridized carbons (Fsp3) is 1.00. The predicted octanol–water partition coefficient (Wildman–Crippen LogP) is 5.44. The third-order valence-electron chi connectivity index (χ3n) is 1.34. The topological polar surface area (TPSA) is 0 Å². The van der Waals surface area contributed by atoms with Crippen molar-refractivity contribution >= 4 is 18.7 Å². The maximum atomic E-state index is 9.87. The molecule has 1 unspecified atom stereocenters. The molecule has 0 fully saturated rings. The van der Waals surface area contributed by atoms with Gasteiger partial charge in [-0.1, -0.05) is 13.3 Å². The van der Waals surface area contributed by atoms with Crippen molar-refractivity contribution in [3.05, 3.63) is 0 Å². The second kappa shape index (κ2) is 5.13. The van der Waals surface area contributed by atoms with E-state index in [2.05, 4.69) is 20.1 Å². The van der Waals surface area contributed by atoms with Crippen molar-refractivity contribution in [1.29, 1.82) is 0 Å². The fourth-order valence-corrected chi connectivity index (χ4v) is 1.61. The molecule has 0 radical (unpaired) electrons. The molecule has 15 heavy (non-hydrogen) atoms. The third-order valence-corrected chi connectivity index (χ3v) is 3.31. The van der Waals surface area contributed by atoms with Crippen LogP contribution in [0.3, 0.4) is 0 Å². The van der Waals surface area contributed by atoms with Gasteiger partial charge in [0.1, 0.15) is 11.5 Å². The van der Waals surface area contributed by atoms with E-state index >= 15 is 0 Å². The van der Waals surface area contributed by atoms with Crippen molar-refractivity contribution in [2.45, 2.75) is 26.7 Å². The van der Waals surface area contributed by atoms with E-state index in [0.717, 1.165) is 10.9 Å². The van der Waals surface area contributed by atoms with Gasteiger partial charge in [0.15, 0.2) is 0 Å². The van der Waals surface area contributed by atoms with Crippen LogP contribution >= 0.6 is 7.81 Å². The Kier molecular flexibility index (Phi) is 6.06. The Morgan fingerprint density at radius 1 is 0.933 bits per heavy atom. The monoisotopic (exact) mass is 278 g/mol. The Balaban J connectivity index is 0. The number of unbranched alkanes of at least 4 members (excludes halogenated alkanes) is 1. The molecular formula is C7H17F6PS. The van der Waals surface area contributed by atoms with Gasteiger partial charge >= 0.3 is 33.0 Å². The van der Waals surface area contributed by atoms with Crippen LogP contribution in [0.5, 0.6) is 0 Å². The summed E-state index contributed by atoms with van der Waals surface area (Å²) in [5, 5.41) is 0. The van der Waals surface area contributed by atoms with Crippen LogP contribution in [0.2, 0.25) is 0 Å². The average molecular weight is 278 g/mol. The summed E-state index contributed by atoms with van der Waals surface area (Å²) in [6.45, 7) is 4.53. The molecule has 0 aromatic carbocycles. The molecule has 0 saturated carbocycles. The van der Waals surface area contributed by atoms with E-state index in [1.165, 1.54) is 24.3 Å². The molecule has 0 aliphatic carbocycles. The van der Waals surface area contributed by atoms with Crippen molar-refractivity contribution in [1.82, 2.24) is 0 Å². The van der Waals surface area contributed by atoms with Crippen molar-refractivity contribution in [3.63, 3.8) is 0 Å². The molecule has 98 valence electrons. The molecule has 8 heteroatoms. The van der Waals surface area contributed by atoms with E-state index < -0.39 is 7.81 Å². The van der Waals surface area contributed by atoms with Gasteiger partial charge in [-0.25, -0.2) is 0 Å². The van der Waals surface area contributed by atoms with Gasteiger partial charge in [-0.15, -0.1) is 0 Å². The van der Waals surface area contributed by atoms with E-state index in [-0.39, 0.29) is 0 Å². The zero-order chi connectivity index (χ0) is 12.8. The van der Waals surface area contributed by atoms with Crippen LogP contribution in [0.1, 0.15) is 26.7 Å². The molecule has 0 amide bonds. The second-order valence-electron chi connectivity index (χ2n) is 3.09. The summed E-state index contributed by atoms with van der Waals surface area (Å²) in [5.41, 5.74) is 0. The summed E-state index contributed by atoms with van der Waals surface area (Å²) in [7, 11) is -9.93. The molecule has 0 aliphatic rings. The average Bonchev–Trinajstić information content (AvgIpc) is 1.94. The summed E-state index contributed by atoms with van der Waals surface area (Å²) < 4.78 is 59.2. The molecule has 0 N–H and O–H groups in total. The first-order valence-corrected chi connectivity index (χ1v) is 8.41. The summed E-state index contributed by atoms with van der Waals surface area (Å²) in [6, 6.07) is 0. The van der Waals surface area contributed by atoms with Gasteiger partial charge < -0.3 is 0 Å². The number of rotatable bonds is 4. The Labute approximate surface area is 89.0 Å². The summed E-state index contributed by atoms with van der Waals surface area (Å²) >= 11 is 0. The molecule has 0 aromatic heterocycles. The third kappa shape index (κ3) is 54.2. The van der Waals surface area contributed by atoms with E-state index in [1.807, 2.05) is 0 Å². The van der Waals surface area contributed by atoms with Gasteiger partial charge in [0.05, 0.1) is 6.26 Å². The summed E-state index contributed by atoms with van der Waals surface area (Å²) in [4.78, 5) is 0. The Bertz CT molecular complexity index is 161. The van der Waals surface area contributed by atoms with E-state index in [4.69, 9.17) is 0 Å². The Morgan fingerprint density at radius 2 is 1.27 bits per heavy atom. The normalized spacial score (nSPS) is 18.2. The quantitative estimate of drug-likeness (QED) is 0.365. The van der Waals surface area contributed by atoms with E-state index in [0.29, 0.717) is 0 Å². The molecule has 0 aliphatic heterocycles. The van der Waals surface area contributed by atoms with Crippen LogP contribution < -0.4 is 0 Å². The maximum absolute atomic E-state index is 10.7. The molecule has 0 bridgehead atoms. The van der Waals surface area contributed by atoms with Gasteiger partial charge in [-0.2, -0.15) is 0 Å². The molecule has 0 nitrogen and oxygen atoms in total. The van der Waals surface area contributed by atoms with Crippen LogP contribution in [-0.2, 0) is 10.9 Å². The van der Waals surface area contributed by atoms with Gasteiger partial charge in [0, 0.05) is 0 Å². The van der Waals surface area contributed by atoms with Crippen molar-refractivity contribution in [3.8, 4) is 0 Å². The first kappa shape index (κ1) is 17.7. The Hall–Kier alpha value is 0.360. The Morgan fingerprint density at radius 3 is 1.47 bits per heavy atom. The SMILES string of the molecule is CCCC[S+](C)CC.F[P-](F)(F)(F)(F)F. The van der Waals surface area contributed by atoms with Crippen LogP contribution in [0, 0.1) is 0 Å². The van der Waals surface area contributed by atoms with Crippen LogP contribution in [0.15, 0.2) is 0 Å². The second-order valence-corrected chi connectivity index (χ2v) is 7.55. The van der Waals surface area contributed by atoms with Crippen molar-refractivity contribution in [2.24, 2.45) is 0 Å². The molecule has 0 aromatic rings. The predicted molar refractivity (Wildman–Crippen MR) is 57.2 cm³/mol. The molecule has 1 atom stereocenters. The number of halogens is 6. The fourth-order valence-electron chi connectivity index (χ4n) is 0.535. The van der Waals surface area contributed by atoms with E-state index in [1.54, 1.807) is 0 Å². The van der Waals surface area contributed by atoms with Gasteiger partial charge in [0.2, 0.25) is 0 Å². The molecule has 0 rings (SSSR count). The first-order valence-electron chi connectivity index (χ1n) is 4.41. The van der Waals surface area contributed by atoms with Crippen LogP contribution in [0.25, 0.3) is 0 Å². The van der Waals surface area contributed by atoms with Crippen LogP contribution in [0.4, 0.5) is 25.2 Å². The molecule has 0 spiro atoms. The minimum atomic E-state index is -10.7. The van der Waals surface area contributed by atoms with Gasteiger partial charge in [0.25, 0.3) is 0 Å². The molecule has 0 saturated heterocycles. The summed E-state index contributed by atoms with van der Waals surface area (Å²) in [6.07, 6.45) is 5.14. The zero-order valence-electron chi connectivity index (χ0n) is 8.95. The van der Waals surface area contributed by atoms with Crippen LogP contribution in [-0.4, -0.2) is 17.8 Å². The zero-order valence-corrected chi connectivity index (χ0v) is 10.7.